The van der Waals surface area contributed by atoms with Gasteiger partial charge >= 0.3 is 0 Å². The highest BCUT2D eigenvalue weighted by Gasteiger charge is 2.27. The molecule has 0 aromatic heterocycles. The Bertz CT molecular complexity index is 229. The smallest absolute Gasteiger partial charge is 0.0197 e. The van der Waals surface area contributed by atoms with Crippen LogP contribution in [0.1, 0.15) is 58.3 Å². The second kappa shape index (κ2) is 5.01. The van der Waals surface area contributed by atoms with Gasteiger partial charge in [-0.2, -0.15) is 0 Å². The van der Waals surface area contributed by atoms with Crippen molar-refractivity contribution in [2.24, 2.45) is 11.8 Å². The highest BCUT2D eigenvalue weighted by Crippen LogP contribution is 2.41. The lowest BCUT2D eigenvalue weighted by molar-refractivity contribution is 0.514. The summed E-state index contributed by atoms with van der Waals surface area (Å²) in [4.78, 5) is 0. The predicted octanol–water partition coefficient (Wildman–Crippen LogP) is 4.87. The number of allylic oxidation sites excluding steroid dienone is 3. The molecule has 2 aliphatic rings. The van der Waals surface area contributed by atoms with Crippen LogP contribution in [0.4, 0.5) is 0 Å². The highest BCUT2D eigenvalue weighted by molar-refractivity contribution is 5.24. The molecule has 2 fully saturated rings. The molecule has 0 heteroatoms. The molecule has 0 heterocycles. The van der Waals surface area contributed by atoms with Gasteiger partial charge in [0.15, 0.2) is 0 Å². The minimum Gasteiger partial charge on any atom is -0.0961 e. The Morgan fingerprint density at radius 3 is 1.67 bits per heavy atom. The molecule has 0 saturated heterocycles. The third-order valence-corrected chi connectivity index (χ3v) is 4.07. The molecular formula is C15H24. The standard InChI is InChI=1S/C15H24/c1-12(2)11-15(13-7-3-4-8-13)14-9-5-6-10-14/h11,13-14H,1,3-10H2,2H3. The van der Waals surface area contributed by atoms with Gasteiger partial charge in [-0.25, -0.2) is 0 Å². The van der Waals surface area contributed by atoms with Crippen LogP contribution in [0.25, 0.3) is 0 Å². The molecule has 0 bridgehead atoms. The summed E-state index contributed by atoms with van der Waals surface area (Å²) in [5.41, 5.74) is 3.02. The van der Waals surface area contributed by atoms with Crippen LogP contribution in [-0.2, 0) is 0 Å². The molecule has 0 aliphatic heterocycles. The first-order valence-electron chi connectivity index (χ1n) is 6.64. The van der Waals surface area contributed by atoms with Crippen LogP contribution in [-0.4, -0.2) is 0 Å². The molecule has 0 spiro atoms. The highest BCUT2D eigenvalue weighted by atomic mass is 14.3. The van der Waals surface area contributed by atoms with Crippen molar-refractivity contribution < 1.29 is 0 Å². The Balaban J connectivity index is 2.10. The van der Waals surface area contributed by atoms with E-state index < -0.39 is 0 Å². The summed E-state index contributed by atoms with van der Waals surface area (Å²) in [7, 11) is 0. The molecule has 0 amide bonds. The van der Waals surface area contributed by atoms with Crippen LogP contribution >= 0.6 is 0 Å². The van der Waals surface area contributed by atoms with Gasteiger partial charge in [-0.3, -0.25) is 0 Å². The zero-order chi connectivity index (χ0) is 10.7. The summed E-state index contributed by atoms with van der Waals surface area (Å²) in [5, 5.41) is 0. The van der Waals surface area contributed by atoms with Crippen LogP contribution in [0.2, 0.25) is 0 Å². The van der Waals surface area contributed by atoms with E-state index in [-0.39, 0.29) is 0 Å². The first-order valence-corrected chi connectivity index (χ1v) is 6.64. The summed E-state index contributed by atoms with van der Waals surface area (Å²) in [6.45, 7) is 6.20. The van der Waals surface area contributed by atoms with Gasteiger partial charge in [0.2, 0.25) is 0 Å². The van der Waals surface area contributed by atoms with Crippen LogP contribution in [0, 0.1) is 11.8 Å². The zero-order valence-electron chi connectivity index (χ0n) is 10.1. The lowest BCUT2D eigenvalue weighted by Gasteiger charge is -2.21. The molecule has 0 aromatic rings. The van der Waals surface area contributed by atoms with Crippen molar-refractivity contribution in [3.05, 3.63) is 23.8 Å². The van der Waals surface area contributed by atoms with E-state index in [1.807, 2.05) is 0 Å². The summed E-state index contributed by atoms with van der Waals surface area (Å²) < 4.78 is 0. The van der Waals surface area contributed by atoms with Crippen LogP contribution in [0.3, 0.4) is 0 Å². The molecule has 0 unspecified atom stereocenters. The Kier molecular flexibility index (Phi) is 3.66. The SMILES string of the molecule is C=C(C)C=C(C1CCCC1)C1CCCC1. The van der Waals surface area contributed by atoms with Crippen LogP contribution < -0.4 is 0 Å². The lowest BCUT2D eigenvalue weighted by Crippen LogP contribution is -2.08. The lowest BCUT2D eigenvalue weighted by atomic mass is 9.84. The second-order valence-electron chi connectivity index (χ2n) is 5.45. The van der Waals surface area contributed by atoms with Gasteiger partial charge in [-0.15, -0.1) is 0 Å². The monoisotopic (exact) mass is 204 g/mol. The maximum atomic E-state index is 4.06. The summed E-state index contributed by atoms with van der Waals surface area (Å²) in [5.74, 6) is 1.81. The van der Waals surface area contributed by atoms with Crippen molar-refractivity contribution in [3.63, 3.8) is 0 Å². The molecule has 0 N–H and O–H groups in total. The van der Waals surface area contributed by atoms with Gasteiger partial charge in [0, 0.05) is 0 Å². The minimum absolute atomic E-state index is 0.907. The Morgan fingerprint density at radius 1 is 0.933 bits per heavy atom. The molecule has 0 nitrogen and oxygen atoms in total. The molecular weight excluding hydrogens is 180 g/mol. The van der Waals surface area contributed by atoms with Crippen molar-refractivity contribution in [2.45, 2.75) is 58.3 Å². The van der Waals surface area contributed by atoms with Crippen molar-refractivity contribution in [3.8, 4) is 0 Å². The molecule has 0 atom stereocenters. The van der Waals surface area contributed by atoms with Crippen LogP contribution in [0.15, 0.2) is 23.8 Å². The van der Waals surface area contributed by atoms with E-state index in [1.165, 1.54) is 56.9 Å². The Labute approximate surface area is 94.5 Å². The van der Waals surface area contributed by atoms with E-state index in [1.54, 1.807) is 5.57 Å². The molecule has 0 aromatic carbocycles. The average Bonchev–Trinajstić information content (AvgIpc) is 2.87. The Hall–Kier alpha value is -0.520. The first-order chi connectivity index (χ1) is 7.27. The molecule has 15 heavy (non-hydrogen) atoms. The van der Waals surface area contributed by atoms with E-state index in [4.69, 9.17) is 0 Å². The topological polar surface area (TPSA) is 0 Å². The van der Waals surface area contributed by atoms with Crippen molar-refractivity contribution in [1.82, 2.24) is 0 Å². The second-order valence-corrected chi connectivity index (χ2v) is 5.45. The van der Waals surface area contributed by atoms with E-state index >= 15 is 0 Å². The summed E-state index contributed by atoms with van der Waals surface area (Å²) in [6, 6.07) is 0. The fourth-order valence-corrected chi connectivity index (χ4v) is 3.37. The maximum Gasteiger partial charge on any atom is -0.0197 e. The third-order valence-electron chi connectivity index (χ3n) is 4.07. The van der Waals surface area contributed by atoms with Gasteiger partial charge in [-0.05, 0) is 44.4 Å². The first kappa shape index (κ1) is 11.0. The van der Waals surface area contributed by atoms with E-state index in [0.717, 1.165) is 11.8 Å². The van der Waals surface area contributed by atoms with E-state index in [9.17, 15) is 0 Å². The van der Waals surface area contributed by atoms with Gasteiger partial charge in [-0.1, -0.05) is 49.5 Å². The van der Waals surface area contributed by atoms with Gasteiger partial charge in [0.05, 0.1) is 0 Å². The predicted molar refractivity (Wildman–Crippen MR) is 66.8 cm³/mol. The summed E-state index contributed by atoms with van der Waals surface area (Å²) in [6.07, 6.45) is 14.0. The number of hydrogen-bond acceptors (Lipinski definition) is 0. The molecule has 2 saturated carbocycles. The maximum absolute atomic E-state index is 4.06. The molecule has 0 radical (unpaired) electrons. The number of rotatable bonds is 3. The van der Waals surface area contributed by atoms with Gasteiger partial charge in [0.1, 0.15) is 0 Å². The van der Waals surface area contributed by atoms with Crippen molar-refractivity contribution in [2.75, 3.05) is 0 Å². The number of hydrogen-bond donors (Lipinski definition) is 0. The zero-order valence-corrected chi connectivity index (χ0v) is 10.1. The largest absolute Gasteiger partial charge is 0.0961 e. The normalized spacial score (nSPS) is 23.3. The third kappa shape index (κ3) is 2.74. The van der Waals surface area contributed by atoms with E-state index in [0.29, 0.717) is 0 Å². The van der Waals surface area contributed by atoms with Gasteiger partial charge in [0.25, 0.3) is 0 Å². The molecule has 2 rings (SSSR count). The molecule has 84 valence electrons. The Morgan fingerprint density at radius 2 is 1.33 bits per heavy atom. The van der Waals surface area contributed by atoms with Crippen molar-refractivity contribution in [1.29, 1.82) is 0 Å². The summed E-state index contributed by atoms with van der Waals surface area (Å²) >= 11 is 0. The van der Waals surface area contributed by atoms with Crippen molar-refractivity contribution >= 4 is 0 Å². The van der Waals surface area contributed by atoms with E-state index in [2.05, 4.69) is 19.6 Å². The fraction of sp³-hybridized carbons (Fsp3) is 0.733. The average molecular weight is 204 g/mol. The fourth-order valence-electron chi connectivity index (χ4n) is 3.37. The quantitative estimate of drug-likeness (QED) is 0.575. The molecule has 2 aliphatic carbocycles. The van der Waals surface area contributed by atoms with Gasteiger partial charge < -0.3 is 0 Å². The van der Waals surface area contributed by atoms with Crippen LogP contribution in [0.5, 0.6) is 0 Å². The minimum atomic E-state index is 0.907.